The van der Waals surface area contributed by atoms with Crippen molar-refractivity contribution in [2.24, 2.45) is 11.7 Å². The second kappa shape index (κ2) is 6.74. The number of hydrogen-bond acceptors (Lipinski definition) is 5. The molecular formula is C17H17FN4O2. The molecule has 1 fully saturated rings. The van der Waals surface area contributed by atoms with E-state index in [0.717, 1.165) is 0 Å². The highest BCUT2D eigenvalue weighted by Crippen LogP contribution is 2.24. The molecule has 1 aliphatic heterocycles. The van der Waals surface area contributed by atoms with Crippen LogP contribution in [0.2, 0.25) is 0 Å². The van der Waals surface area contributed by atoms with Gasteiger partial charge in [0.25, 0.3) is 5.91 Å². The third kappa shape index (κ3) is 3.40. The van der Waals surface area contributed by atoms with Crippen LogP contribution in [-0.4, -0.2) is 35.0 Å². The van der Waals surface area contributed by atoms with Crippen LogP contribution in [0.4, 0.5) is 10.2 Å². The van der Waals surface area contributed by atoms with Gasteiger partial charge >= 0.3 is 0 Å². The number of aromatic nitrogens is 2. The van der Waals surface area contributed by atoms with Gasteiger partial charge in [0.15, 0.2) is 17.3 Å². The summed E-state index contributed by atoms with van der Waals surface area (Å²) < 4.78 is 12.9. The van der Waals surface area contributed by atoms with Gasteiger partial charge in [-0.1, -0.05) is 0 Å². The molecule has 6 nitrogen and oxygen atoms in total. The van der Waals surface area contributed by atoms with E-state index >= 15 is 0 Å². The molecule has 2 aromatic rings. The summed E-state index contributed by atoms with van der Waals surface area (Å²) in [6.45, 7) is 1.34. The minimum Gasteiger partial charge on any atom is -0.364 e. The van der Waals surface area contributed by atoms with Crippen LogP contribution in [0, 0.1) is 11.7 Å². The molecular weight excluding hydrogens is 311 g/mol. The van der Waals surface area contributed by atoms with Crippen molar-refractivity contribution < 1.29 is 14.0 Å². The first kappa shape index (κ1) is 16.0. The van der Waals surface area contributed by atoms with Crippen LogP contribution in [0.3, 0.4) is 0 Å². The topological polar surface area (TPSA) is 89.2 Å². The summed E-state index contributed by atoms with van der Waals surface area (Å²) in [5.74, 6) is -0.334. The number of hydrogen-bond donors (Lipinski definition) is 1. The molecule has 1 aliphatic rings. The quantitative estimate of drug-likeness (QED) is 0.865. The number of benzene rings is 1. The van der Waals surface area contributed by atoms with Crippen molar-refractivity contribution in [2.45, 2.75) is 12.8 Å². The van der Waals surface area contributed by atoms with Crippen molar-refractivity contribution >= 4 is 17.5 Å². The fraction of sp³-hybridized carbons (Fsp3) is 0.294. The first-order valence-corrected chi connectivity index (χ1v) is 7.73. The van der Waals surface area contributed by atoms with E-state index in [4.69, 9.17) is 5.73 Å². The zero-order chi connectivity index (χ0) is 17.1. The maximum absolute atomic E-state index is 12.9. The lowest BCUT2D eigenvalue weighted by atomic mass is 9.89. The van der Waals surface area contributed by atoms with E-state index < -0.39 is 5.91 Å². The number of carbonyl (C=O) groups excluding carboxylic acids is 2. The predicted molar refractivity (Wildman–Crippen MR) is 86.2 cm³/mol. The molecule has 0 radical (unpaired) electrons. The number of rotatable bonds is 4. The maximum Gasteiger partial charge on any atom is 0.269 e. The second-order valence-electron chi connectivity index (χ2n) is 5.77. The number of ketones is 1. The van der Waals surface area contributed by atoms with E-state index in [-0.39, 0.29) is 23.2 Å². The van der Waals surface area contributed by atoms with Crippen molar-refractivity contribution in [3.05, 3.63) is 53.5 Å². The number of amides is 1. The normalized spacial score (nSPS) is 15.3. The van der Waals surface area contributed by atoms with E-state index in [1.54, 1.807) is 12.1 Å². The lowest BCUT2D eigenvalue weighted by Gasteiger charge is -2.31. The van der Waals surface area contributed by atoms with Crippen molar-refractivity contribution in [3.8, 4) is 0 Å². The molecule has 3 rings (SSSR count). The van der Waals surface area contributed by atoms with E-state index in [1.807, 2.05) is 4.90 Å². The average molecular weight is 328 g/mol. The Morgan fingerprint density at radius 1 is 1.04 bits per heavy atom. The molecule has 124 valence electrons. The molecule has 0 unspecified atom stereocenters. The van der Waals surface area contributed by atoms with Crippen LogP contribution in [-0.2, 0) is 0 Å². The largest absolute Gasteiger partial charge is 0.364 e. The predicted octanol–water partition coefficient (Wildman–Crippen LogP) is 1.81. The fourth-order valence-corrected chi connectivity index (χ4v) is 2.85. The highest BCUT2D eigenvalue weighted by atomic mass is 19.1. The first-order valence-electron chi connectivity index (χ1n) is 7.73. The number of Topliss-reactive ketones (excluding diaryl/α,β-unsaturated/α-hetero) is 1. The van der Waals surface area contributed by atoms with Gasteiger partial charge in [0, 0.05) is 24.6 Å². The summed E-state index contributed by atoms with van der Waals surface area (Å²) in [6.07, 6.45) is 1.38. The lowest BCUT2D eigenvalue weighted by molar-refractivity contribution is 0.0899. The lowest BCUT2D eigenvalue weighted by Crippen LogP contribution is -2.37. The molecule has 0 spiro atoms. The number of carbonyl (C=O) groups is 2. The molecule has 2 N–H and O–H groups in total. The summed E-state index contributed by atoms with van der Waals surface area (Å²) in [6, 6.07) is 8.91. The highest BCUT2D eigenvalue weighted by Gasteiger charge is 2.26. The van der Waals surface area contributed by atoms with Gasteiger partial charge in [0.1, 0.15) is 5.82 Å². The fourth-order valence-electron chi connectivity index (χ4n) is 2.85. The molecule has 0 aliphatic carbocycles. The van der Waals surface area contributed by atoms with Crippen molar-refractivity contribution in [1.82, 2.24) is 10.2 Å². The molecule has 0 bridgehead atoms. The van der Waals surface area contributed by atoms with Crippen LogP contribution < -0.4 is 10.6 Å². The molecule has 1 aromatic heterocycles. The number of primary amides is 1. The molecule has 7 heteroatoms. The number of nitrogens with two attached hydrogens (primary N) is 1. The summed E-state index contributed by atoms with van der Waals surface area (Å²) >= 11 is 0. The zero-order valence-corrected chi connectivity index (χ0v) is 13.0. The molecule has 0 saturated carbocycles. The van der Waals surface area contributed by atoms with Crippen LogP contribution in [0.15, 0.2) is 36.4 Å². The van der Waals surface area contributed by atoms with Crippen molar-refractivity contribution in [2.75, 3.05) is 18.0 Å². The Kier molecular flexibility index (Phi) is 4.50. The third-order valence-electron chi connectivity index (χ3n) is 4.22. The van der Waals surface area contributed by atoms with Crippen molar-refractivity contribution in [1.29, 1.82) is 0 Å². The zero-order valence-electron chi connectivity index (χ0n) is 13.0. The Labute approximate surface area is 138 Å². The van der Waals surface area contributed by atoms with Gasteiger partial charge in [-0.2, -0.15) is 0 Å². The first-order chi connectivity index (χ1) is 11.5. The Balaban J connectivity index is 1.62. The number of halogens is 1. The van der Waals surface area contributed by atoms with Gasteiger partial charge in [-0.3, -0.25) is 9.59 Å². The third-order valence-corrected chi connectivity index (χ3v) is 4.22. The highest BCUT2D eigenvalue weighted by molar-refractivity contribution is 5.98. The Hall–Kier alpha value is -2.83. The Morgan fingerprint density at radius 3 is 2.25 bits per heavy atom. The average Bonchev–Trinajstić information content (AvgIpc) is 2.62. The molecule has 0 atom stereocenters. The van der Waals surface area contributed by atoms with Gasteiger partial charge in [-0.15, -0.1) is 10.2 Å². The van der Waals surface area contributed by atoms with Gasteiger partial charge in [0.05, 0.1) is 0 Å². The van der Waals surface area contributed by atoms with Crippen LogP contribution in [0.25, 0.3) is 0 Å². The number of anilines is 1. The van der Waals surface area contributed by atoms with E-state index in [2.05, 4.69) is 10.2 Å². The van der Waals surface area contributed by atoms with Crippen LogP contribution >= 0.6 is 0 Å². The van der Waals surface area contributed by atoms with Gasteiger partial charge in [0.2, 0.25) is 0 Å². The summed E-state index contributed by atoms with van der Waals surface area (Å²) in [5, 5.41) is 7.80. The SMILES string of the molecule is NC(=O)c1ccc(N2CCC(C(=O)c3ccc(F)cc3)CC2)nn1. The van der Waals surface area contributed by atoms with Gasteiger partial charge in [-0.25, -0.2) is 4.39 Å². The van der Waals surface area contributed by atoms with E-state index in [1.165, 1.54) is 24.3 Å². The molecule has 2 heterocycles. The molecule has 24 heavy (non-hydrogen) atoms. The summed E-state index contributed by atoms with van der Waals surface area (Å²) in [7, 11) is 0. The molecule has 1 saturated heterocycles. The number of piperidine rings is 1. The van der Waals surface area contributed by atoms with Crippen LogP contribution in [0.1, 0.15) is 33.7 Å². The number of nitrogens with zero attached hydrogens (tertiary/aromatic N) is 3. The molecule has 1 aromatic carbocycles. The van der Waals surface area contributed by atoms with Crippen LogP contribution in [0.5, 0.6) is 0 Å². The van der Waals surface area contributed by atoms with E-state index in [9.17, 15) is 14.0 Å². The minimum absolute atomic E-state index is 0.0461. The van der Waals surface area contributed by atoms with Crippen molar-refractivity contribution in [3.63, 3.8) is 0 Å². The molecule has 1 amide bonds. The van der Waals surface area contributed by atoms with Gasteiger partial charge in [-0.05, 0) is 49.2 Å². The Morgan fingerprint density at radius 2 is 1.71 bits per heavy atom. The second-order valence-corrected chi connectivity index (χ2v) is 5.77. The minimum atomic E-state index is -0.613. The maximum atomic E-state index is 12.9. The Bertz CT molecular complexity index is 738. The van der Waals surface area contributed by atoms with Gasteiger partial charge < -0.3 is 10.6 Å². The monoisotopic (exact) mass is 328 g/mol. The standard InChI is InChI=1S/C17H17FN4O2/c18-13-3-1-11(2-4-13)16(23)12-7-9-22(10-8-12)15-6-5-14(17(19)24)20-21-15/h1-6,12H,7-10H2,(H2,19,24). The summed E-state index contributed by atoms with van der Waals surface area (Å²) in [4.78, 5) is 25.5. The summed E-state index contributed by atoms with van der Waals surface area (Å²) in [5.41, 5.74) is 5.81. The van der Waals surface area contributed by atoms with E-state index in [0.29, 0.717) is 37.3 Å². The smallest absolute Gasteiger partial charge is 0.269 e.